The van der Waals surface area contributed by atoms with Crippen LogP contribution < -0.4 is 5.73 Å². The number of hydrogen-bond donors (Lipinski definition) is 1. The Morgan fingerprint density at radius 3 is 2.29 bits per heavy atom. The number of nitrogens with zero attached hydrogens (tertiary/aromatic N) is 1. The van der Waals surface area contributed by atoms with E-state index in [1.165, 1.54) is 4.90 Å². The monoisotopic (exact) mass is 206 g/mol. The van der Waals surface area contributed by atoms with E-state index < -0.39 is 29.8 Å². The summed E-state index contributed by atoms with van der Waals surface area (Å²) >= 11 is 0. The van der Waals surface area contributed by atoms with E-state index in [1.807, 2.05) is 0 Å². The molecule has 1 fully saturated rings. The minimum atomic E-state index is -2.80. The van der Waals surface area contributed by atoms with Gasteiger partial charge in [0.1, 0.15) is 0 Å². The molecular weight excluding hydrogens is 190 g/mol. The highest BCUT2D eigenvalue weighted by atomic mass is 19.3. The minimum Gasteiger partial charge on any atom is -0.368 e. The van der Waals surface area contributed by atoms with Crippen molar-refractivity contribution in [3.63, 3.8) is 0 Å². The van der Waals surface area contributed by atoms with Crippen molar-refractivity contribution in [2.45, 2.75) is 44.7 Å². The number of alkyl halides is 2. The zero-order valence-electron chi connectivity index (χ0n) is 8.68. The van der Waals surface area contributed by atoms with Crippen LogP contribution in [0.5, 0.6) is 0 Å². The fourth-order valence-electron chi connectivity index (χ4n) is 1.78. The minimum absolute atomic E-state index is 0.385. The average molecular weight is 206 g/mol. The molecule has 0 aromatic rings. The number of amides is 1. The number of nitrogens with two attached hydrogens (primary N) is 1. The van der Waals surface area contributed by atoms with Gasteiger partial charge in [0.2, 0.25) is 5.91 Å². The first-order valence-electron chi connectivity index (χ1n) is 4.57. The average Bonchev–Trinajstić information content (AvgIpc) is 2.24. The molecule has 82 valence electrons. The Morgan fingerprint density at radius 1 is 1.50 bits per heavy atom. The summed E-state index contributed by atoms with van der Waals surface area (Å²) in [4.78, 5) is 12.5. The van der Waals surface area contributed by atoms with Gasteiger partial charge in [0.25, 0.3) is 5.92 Å². The zero-order chi connectivity index (χ0) is 11.1. The van der Waals surface area contributed by atoms with Crippen molar-refractivity contribution in [1.29, 1.82) is 0 Å². The van der Waals surface area contributed by atoms with Crippen LogP contribution in [-0.2, 0) is 4.79 Å². The van der Waals surface area contributed by atoms with Gasteiger partial charge < -0.3 is 5.73 Å². The highest BCUT2D eigenvalue weighted by molar-refractivity contribution is 5.80. The van der Waals surface area contributed by atoms with Gasteiger partial charge in [-0.05, 0) is 20.8 Å². The van der Waals surface area contributed by atoms with Gasteiger partial charge in [-0.3, -0.25) is 9.69 Å². The second kappa shape index (κ2) is 3.15. The maximum Gasteiger partial charge on any atom is 0.262 e. The molecule has 0 saturated carbocycles. The Hall–Kier alpha value is -0.710. The lowest BCUT2D eigenvalue weighted by molar-refractivity contribution is -0.123. The van der Waals surface area contributed by atoms with Crippen LogP contribution in [0.15, 0.2) is 0 Å². The lowest BCUT2D eigenvalue weighted by atomic mass is 10.0. The van der Waals surface area contributed by atoms with Crippen LogP contribution in [0.25, 0.3) is 0 Å². The summed E-state index contributed by atoms with van der Waals surface area (Å²) in [6.45, 7) is 5.00. The second-order valence-corrected chi connectivity index (χ2v) is 4.78. The molecule has 5 heteroatoms. The summed E-state index contributed by atoms with van der Waals surface area (Å²) in [6, 6.07) is -0.843. The van der Waals surface area contributed by atoms with Gasteiger partial charge in [-0.2, -0.15) is 0 Å². The van der Waals surface area contributed by atoms with E-state index in [0.29, 0.717) is 0 Å². The maximum atomic E-state index is 13.1. The smallest absolute Gasteiger partial charge is 0.262 e. The van der Waals surface area contributed by atoms with Crippen molar-refractivity contribution in [1.82, 2.24) is 4.90 Å². The first-order chi connectivity index (χ1) is 6.13. The molecule has 1 saturated heterocycles. The number of likely N-dealkylation sites (tertiary alicyclic amines) is 1. The van der Waals surface area contributed by atoms with Gasteiger partial charge >= 0.3 is 0 Å². The number of hydrogen-bond acceptors (Lipinski definition) is 2. The molecule has 1 aliphatic heterocycles. The summed E-state index contributed by atoms with van der Waals surface area (Å²) < 4.78 is 26.2. The van der Waals surface area contributed by atoms with Gasteiger partial charge in [-0.15, -0.1) is 0 Å². The van der Waals surface area contributed by atoms with E-state index in [2.05, 4.69) is 0 Å². The molecule has 0 bridgehead atoms. The Morgan fingerprint density at radius 2 is 2.00 bits per heavy atom. The largest absolute Gasteiger partial charge is 0.368 e. The van der Waals surface area contributed by atoms with Crippen molar-refractivity contribution in [2.24, 2.45) is 5.73 Å². The number of carbonyl (C=O) groups excluding carboxylic acids is 1. The number of rotatable bonds is 1. The molecule has 1 rings (SSSR count). The van der Waals surface area contributed by atoms with Crippen LogP contribution in [0, 0.1) is 0 Å². The summed E-state index contributed by atoms with van der Waals surface area (Å²) in [6.07, 6.45) is -0.459. The van der Waals surface area contributed by atoms with Crippen molar-refractivity contribution in [3.05, 3.63) is 0 Å². The Bertz CT molecular complexity index is 248. The van der Waals surface area contributed by atoms with E-state index in [9.17, 15) is 13.6 Å². The molecule has 0 aromatic carbocycles. The molecule has 1 aliphatic rings. The quantitative estimate of drug-likeness (QED) is 0.695. The van der Waals surface area contributed by atoms with Gasteiger partial charge in [0, 0.05) is 12.0 Å². The molecule has 0 spiro atoms. The number of halogens is 2. The Labute approximate surface area is 82.2 Å². The van der Waals surface area contributed by atoms with Gasteiger partial charge in [-0.25, -0.2) is 8.78 Å². The van der Waals surface area contributed by atoms with E-state index in [4.69, 9.17) is 5.73 Å². The lowest BCUT2D eigenvalue weighted by Gasteiger charge is -2.34. The molecule has 0 unspecified atom stereocenters. The topological polar surface area (TPSA) is 46.3 Å². The van der Waals surface area contributed by atoms with Crippen LogP contribution in [0.2, 0.25) is 0 Å². The first kappa shape index (κ1) is 11.4. The summed E-state index contributed by atoms with van der Waals surface area (Å²) in [7, 11) is 0. The summed E-state index contributed by atoms with van der Waals surface area (Å²) in [5, 5.41) is 0. The van der Waals surface area contributed by atoms with Crippen LogP contribution in [-0.4, -0.2) is 34.9 Å². The first-order valence-corrected chi connectivity index (χ1v) is 4.57. The SMILES string of the molecule is CC(C)(C)N1CC(F)(F)C[C@H]1C(N)=O. The van der Waals surface area contributed by atoms with Crippen LogP contribution in [0.1, 0.15) is 27.2 Å². The van der Waals surface area contributed by atoms with Crippen LogP contribution in [0.3, 0.4) is 0 Å². The maximum absolute atomic E-state index is 13.1. The highest BCUT2D eigenvalue weighted by Crippen LogP contribution is 2.36. The molecule has 2 N–H and O–H groups in total. The second-order valence-electron chi connectivity index (χ2n) is 4.78. The third-order valence-corrected chi connectivity index (χ3v) is 2.46. The standard InChI is InChI=1S/C9H16F2N2O/c1-8(2,3)13-5-9(10,11)4-6(13)7(12)14/h6H,4-5H2,1-3H3,(H2,12,14)/t6-/m0/s1. The normalized spacial score (nSPS) is 27.9. The van der Waals surface area contributed by atoms with Gasteiger partial charge in [0.05, 0.1) is 12.6 Å². The molecule has 1 amide bonds. The lowest BCUT2D eigenvalue weighted by Crippen LogP contribution is -2.50. The molecule has 0 radical (unpaired) electrons. The number of carbonyl (C=O) groups is 1. The summed E-state index contributed by atoms with van der Waals surface area (Å²) in [5.74, 6) is -3.47. The molecule has 14 heavy (non-hydrogen) atoms. The molecular formula is C9H16F2N2O. The van der Waals surface area contributed by atoms with E-state index in [-0.39, 0.29) is 6.54 Å². The molecule has 1 heterocycles. The van der Waals surface area contributed by atoms with Crippen LogP contribution in [0.4, 0.5) is 8.78 Å². The van der Waals surface area contributed by atoms with Crippen molar-refractivity contribution in [2.75, 3.05) is 6.54 Å². The van der Waals surface area contributed by atoms with E-state index in [0.717, 1.165) is 0 Å². The van der Waals surface area contributed by atoms with E-state index in [1.54, 1.807) is 20.8 Å². The fraction of sp³-hybridized carbons (Fsp3) is 0.889. The molecule has 1 atom stereocenters. The highest BCUT2D eigenvalue weighted by Gasteiger charge is 2.50. The fourth-order valence-corrected chi connectivity index (χ4v) is 1.78. The summed E-state index contributed by atoms with van der Waals surface area (Å²) in [5.41, 5.74) is 4.63. The molecule has 0 aromatic heterocycles. The van der Waals surface area contributed by atoms with Crippen molar-refractivity contribution in [3.8, 4) is 0 Å². The molecule has 3 nitrogen and oxygen atoms in total. The Balaban J connectivity index is 2.89. The van der Waals surface area contributed by atoms with Gasteiger partial charge in [0.15, 0.2) is 0 Å². The zero-order valence-corrected chi connectivity index (χ0v) is 8.68. The van der Waals surface area contributed by atoms with E-state index >= 15 is 0 Å². The number of primary amides is 1. The van der Waals surface area contributed by atoms with Gasteiger partial charge in [-0.1, -0.05) is 0 Å². The third kappa shape index (κ3) is 2.20. The third-order valence-electron chi connectivity index (χ3n) is 2.46. The van der Waals surface area contributed by atoms with Crippen LogP contribution >= 0.6 is 0 Å². The van der Waals surface area contributed by atoms with Crippen molar-refractivity contribution < 1.29 is 13.6 Å². The Kier molecular flexibility index (Phi) is 2.56. The molecule has 0 aliphatic carbocycles. The van der Waals surface area contributed by atoms with Crippen molar-refractivity contribution >= 4 is 5.91 Å². The predicted molar refractivity (Wildman–Crippen MR) is 49.0 cm³/mol. The predicted octanol–water partition coefficient (Wildman–Crippen LogP) is 0.980.